The highest BCUT2D eigenvalue weighted by Crippen LogP contribution is 2.30. The number of morpholine rings is 1. The van der Waals surface area contributed by atoms with Crippen molar-refractivity contribution in [2.45, 2.75) is 44.3 Å². The van der Waals surface area contributed by atoms with Crippen molar-refractivity contribution < 1.29 is 27.8 Å². The summed E-state index contributed by atoms with van der Waals surface area (Å²) in [5, 5.41) is 5.53. The highest BCUT2D eigenvalue weighted by molar-refractivity contribution is 5.91. The number of anilines is 1. The number of carbonyl (C=O) groups is 2. The van der Waals surface area contributed by atoms with Crippen LogP contribution in [0.2, 0.25) is 0 Å². The first kappa shape index (κ1) is 25.2. The van der Waals surface area contributed by atoms with Gasteiger partial charge in [-0.25, -0.2) is 13.8 Å². The Morgan fingerprint density at radius 1 is 1.13 bits per heavy atom. The number of nitrogens with zero attached hydrogens (tertiary/aromatic N) is 5. The summed E-state index contributed by atoms with van der Waals surface area (Å²) in [6.07, 6.45) is 0.564. The summed E-state index contributed by atoms with van der Waals surface area (Å²) in [6.45, 7) is 2.09. The van der Waals surface area contributed by atoms with Gasteiger partial charge in [-0.2, -0.15) is 9.97 Å². The van der Waals surface area contributed by atoms with Gasteiger partial charge in [-0.15, -0.1) is 0 Å². The molecule has 1 aliphatic carbocycles. The van der Waals surface area contributed by atoms with Crippen LogP contribution in [0.25, 0.3) is 16.9 Å². The van der Waals surface area contributed by atoms with E-state index in [2.05, 4.69) is 25.6 Å². The molecule has 1 aromatic carbocycles. The van der Waals surface area contributed by atoms with Gasteiger partial charge < -0.3 is 25.0 Å². The molecule has 2 atom stereocenters. The van der Waals surface area contributed by atoms with Crippen molar-refractivity contribution in [3.05, 3.63) is 47.9 Å². The summed E-state index contributed by atoms with van der Waals surface area (Å²) in [6, 6.07) is 7.89. The van der Waals surface area contributed by atoms with Crippen LogP contribution in [0.3, 0.4) is 0 Å². The van der Waals surface area contributed by atoms with Crippen molar-refractivity contribution in [3.8, 4) is 11.7 Å². The van der Waals surface area contributed by atoms with Crippen molar-refractivity contribution in [1.82, 2.24) is 30.2 Å². The molecule has 2 amide bonds. The predicted octanol–water partition coefficient (Wildman–Crippen LogP) is 2.41. The first-order valence-electron chi connectivity index (χ1n) is 12.9. The molecular formula is C26H27F2N7O4. The summed E-state index contributed by atoms with van der Waals surface area (Å²) >= 11 is 0. The molecular weight excluding hydrogens is 512 g/mol. The van der Waals surface area contributed by atoms with E-state index in [-0.39, 0.29) is 23.5 Å². The molecule has 3 aromatic rings. The maximum absolute atomic E-state index is 14.1. The Kier molecular flexibility index (Phi) is 6.81. The molecule has 0 spiro atoms. The summed E-state index contributed by atoms with van der Waals surface area (Å²) in [4.78, 5) is 39.2. The molecule has 2 aromatic heterocycles. The molecule has 204 valence electrons. The molecule has 3 aliphatic rings. The lowest BCUT2D eigenvalue weighted by atomic mass is 10.2. The molecule has 39 heavy (non-hydrogen) atoms. The van der Waals surface area contributed by atoms with Gasteiger partial charge in [-0.1, -0.05) is 12.1 Å². The Morgan fingerprint density at radius 2 is 1.95 bits per heavy atom. The van der Waals surface area contributed by atoms with Crippen LogP contribution < -0.4 is 20.3 Å². The van der Waals surface area contributed by atoms with Crippen LogP contribution in [0.5, 0.6) is 5.88 Å². The molecule has 0 bridgehead atoms. The summed E-state index contributed by atoms with van der Waals surface area (Å²) in [5.41, 5.74) is 1.63. The van der Waals surface area contributed by atoms with E-state index in [0.29, 0.717) is 74.7 Å². The van der Waals surface area contributed by atoms with Crippen molar-refractivity contribution in [1.29, 1.82) is 0 Å². The van der Waals surface area contributed by atoms with Gasteiger partial charge in [0.05, 0.1) is 24.2 Å². The minimum atomic E-state index is -2.82. The molecule has 4 heterocycles. The number of ether oxygens (including phenoxy) is 2. The van der Waals surface area contributed by atoms with E-state index in [1.807, 2.05) is 11.0 Å². The number of alkyl halides is 2. The third kappa shape index (κ3) is 5.26. The summed E-state index contributed by atoms with van der Waals surface area (Å²) in [7, 11) is 0. The normalized spacial score (nSPS) is 21.4. The van der Waals surface area contributed by atoms with Gasteiger partial charge in [0, 0.05) is 31.3 Å². The molecule has 0 radical (unpaired) electrons. The van der Waals surface area contributed by atoms with E-state index in [1.54, 1.807) is 24.3 Å². The van der Waals surface area contributed by atoms with Crippen LogP contribution in [0.4, 0.5) is 14.7 Å². The predicted molar refractivity (Wildman–Crippen MR) is 136 cm³/mol. The third-order valence-corrected chi connectivity index (χ3v) is 6.94. The number of aromatic nitrogens is 4. The fourth-order valence-corrected chi connectivity index (χ4v) is 5.01. The largest absolute Gasteiger partial charge is 0.470 e. The van der Waals surface area contributed by atoms with E-state index in [0.717, 1.165) is 0 Å². The van der Waals surface area contributed by atoms with Crippen molar-refractivity contribution >= 4 is 28.8 Å². The third-order valence-electron chi connectivity index (χ3n) is 6.94. The number of hydrogen-bond acceptors (Lipinski definition) is 8. The average Bonchev–Trinajstić information content (AvgIpc) is 3.67. The molecule has 0 saturated carbocycles. The number of hydrogen-bond donors (Lipinski definition) is 2. The van der Waals surface area contributed by atoms with Gasteiger partial charge in [-0.3, -0.25) is 14.2 Å². The monoisotopic (exact) mass is 539 g/mol. The SMILES string of the molecule is O=C1CC[C@@H](C(=O)NC2=CC(Oc3cc(-n4c(C(F)F)nc5ccccc54)nc(N4CCOCC4)n3)CC2)N1. The zero-order chi connectivity index (χ0) is 26.9. The van der Waals surface area contributed by atoms with Gasteiger partial charge in [0.15, 0.2) is 5.82 Å². The lowest BCUT2D eigenvalue weighted by Gasteiger charge is -2.27. The van der Waals surface area contributed by atoms with Crippen LogP contribution in [-0.4, -0.2) is 69.8 Å². The number of amides is 2. The van der Waals surface area contributed by atoms with Crippen LogP contribution >= 0.6 is 0 Å². The molecule has 1 unspecified atom stereocenters. The van der Waals surface area contributed by atoms with Crippen molar-refractivity contribution in [2.75, 3.05) is 31.2 Å². The van der Waals surface area contributed by atoms with Gasteiger partial charge >= 0.3 is 0 Å². The van der Waals surface area contributed by atoms with Crippen LogP contribution in [0, 0.1) is 0 Å². The Morgan fingerprint density at radius 3 is 2.72 bits per heavy atom. The number of benzene rings is 1. The van der Waals surface area contributed by atoms with Gasteiger partial charge in [-0.05, 0) is 37.5 Å². The van der Waals surface area contributed by atoms with Crippen molar-refractivity contribution in [3.63, 3.8) is 0 Å². The smallest absolute Gasteiger partial charge is 0.296 e. The van der Waals surface area contributed by atoms with E-state index in [1.165, 1.54) is 10.6 Å². The number of halogens is 2. The fraction of sp³-hybridized carbons (Fsp3) is 0.423. The standard InChI is InChI=1S/C26H27F2N7O4/c27-23(28)24-31-17-3-1-2-4-19(17)35(24)20-14-22(33-26(32-20)34-9-11-38-12-10-34)39-16-6-5-15(13-16)29-25(37)18-7-8-21(36)30-18/h1-4,13-14,16,18,23H,5-12H2,(H,29,37)(H,30,36)/t16?,18-/m0/s1. The highest BCUT2D eigenvalue weighted by Gasteiger charge is 2.29. The second-order valence-electron chi connectivity index (χ2n) is 9.59. The summed E-state index contributed by atoms with van der Waals surface area (Å²) in [5.74, 6) is -0.0181. The van der Waals surface area contributed by atoms with E-state index >= 15 is 0 Å². The lowest BCUT2D eigenvalue weighted by molar-refractivity contribution is -0.125. The summed E-state index contributed by atoms with van der Waals surface area (Å²) < 4.78 is 41.1. The maximum atomic E-state index is 14.1. The molecule has 2 fully saturated rings. The Bertz CT molecular complexity index is 1440. The number of nitrogens with one attached hydrogen (secondary N) is 2. The quantitative estimate of drug-likeness (QED) is 0.469. The molecule has 6 rings (SSSR count). The van der Waals surface area contributed by atoms with Crippen LogP contribution in [0.1, 0.15) is 37.9 Å². The van der Waals surface area contributed by atoms with E-state index in [4.69, 9.17) is 9.47 Å². The molecule has 13 heteroatoms. The van der Waals surface area contributed by atoms with Crippen LogP contribution in [0.15, 0.2) is 42.1 Å². The molecule has 11 nitrogen and oxygen atoms in total. The number of carbonyl (C=O) groups excluding carboxylic acids is 2. The first-order valence-corrected chi connectivity index (χ1v) is 12.9. The average molecular weight is 540 g/mol. The molecule has 2 N–H and O–H groups in total. The number of para-hydroxylation sites is 2. The highest BCUT2D eigenvalue weighted by atomic mass is 19.3. The number of fused-ring (bicyclic) bond motifs is 1. The Hall–Kier alpha value is -4.13. The molecule has 2 saturated heterocycles. The Labute approximate surface area is 222 Å². The second-order valence-corrected chi connectivity index (χ2v) is 9.59. The second kappa shape index (κ2) is 10.6. The zero-order valence-electron chi connectivity index (χ0n) is 21.0. The van der Waals surface area contributed by atoms with E-state index < -0.39 is 24.4 Å². The van der Waals surface area contributed by atoms with E-state index in [9.17, 15) is 18.4 Å². The number of rotatable bonds is 7. The zero-order valence-corrected chi connectivity index (χ0v) is 21.0. The number of imidazole rings is 1. The van der Waals surface area contributed by atoms with Crippen molar-refractivity contribution in [2.24, 2.45) is 0 Å². The molecule has 2 aliphatic heterocycles. The number of allylic oxidation sites excluding steroid dienone is 1. The van der Waals surface area contributed by atoms with Crippen LogP contribution in [-0.2, 0) is 14.3 Å². The first-order chi connectivity index (χ1) is 18.9. The minimum absolute atomic E-state index is 0.131. The van der Waals surface area contributed by atoms with Gasteiger partial charge in [0.2, 0.25) is 23.6 Å². The Balaban J connectivity index is 1.30. The fourth-order valence-electron chi connectivity index (χ4n) is 5.01. The van der Waals surface area contributed by atoms with Gasteiger partial charge in [0.1, 0.15) is 18.0 Å². The topological polar surface area (TPSA) is 124 Å². The maximum Gasteiger partial charge on any atom is 0.296 e. The van der Waals surface area contributed by atoms with Gasteiger partial charge in [0.25, 0.3) is 6.43 Å². The lowest BCUT2D eigenvalue weighted by Crippen LogP contribution is -2.40. The minimum Gasteiger partial charge on any atom is -0.470 e.